The molecule has 0 atom stereocenters. The summed E-state index contributed by atoms with van der Waals surface area (Å²) in [5.41, 5.74) is 7.23. The number of rotatable bonds is 1. The predicted octanol–water partition coefficient (Wildman–Crippen LogP) is 3.09. The quantitative estimate of drug-likeness (QED) is 0.647. The van der Waals surface area contributed by atoms with Gasteiger partial charge in [-0.3, -0.25) is 5.10 Å². The fraction of sp³-hybridized carbons (Fsp3) is 0. The molecule has 0 fully saturated rings. The molecule has 0 aliphatic rings. The van der Waals surface area contributed by atoms with Gasteiger partial charge in [-0.2, -0.15) is 5.10 Å². The summed E-state index contributed by atoms with van der Waals surface area (Å²) in [6.07, 6.45) is 0. The number of nitrogens with one attached hydrogen (secondary N) is 1. The summed E-state index contributed by atoms with van der Waals surface area (Å²) < 4.78 is 26.8. The monoisotopic (exact) mass is 245 g/mol. The first-order valence-electron chi connectivity index (χ1n) is 5.34. The standard InChI is InChI=1S/C13H9F2N3/c14-8-3-1-2-7(4-8)12-10-5-9(16)6-11(15)13(10)18-17-12/h1-6H,16H2,(H,17,18). The summed E-state index contributed by atoms with van der Waals surface area (Å²) in [5, 5.41) is 7.16. The Kier molecular flexibility index (Phi) is 2.26. The number of aromatic amines is 1. The number of nitrogens with zero attached hydrogens (tertiary/aromatic N) is 1. The highest BCUT2D eigenvalue weighted by Gasteiger charge is 2.12. The van der Waals surface area contributed by atoms with Gasteiger partial charge >= 0.3 is 0 Å². The van der Waals surface area contributed by atoms with Crippen LogP contribution in [0.1, 0.15) is 0 Å². The predicted molar refractivity (Wildman–Crippen MR) is 65.9 cm³/mol. The van der Waals surface area contributed by atoms with Crippen molar-refractivity contribution in [2.45, 2.75) is 0 Å². The number of hydrogen-bond acceptors (Lipinski definition) is 2. The maximum atomic E-state index is 13.6. The molecule has 5 heteroatoms. The lowest BCUT2D eigenvalue weighted by atomic mass is 10.1. The molecule has 3 aromatic rings. The van der Waals surface area contributed by atoms with Crippen LogP contribution in [0.5, 0.6) is 0 Å². The van der Waals surface area contributed by atoms with E-state index in [0.717, 1.165) is 0 Å². The fourth-order valence-corrected chi connectivity index (χ4v) is 1.96. The second-order valence-electron chi connectivity index (χ2n) is 4.01. The van der Waals surface area contributed by atoms with Gasteiger partial charge in [-0.1, -0.05) is 12.1 Å². The number of nitrogens with two attached hydrogens (primary N) is 1. The highest BCUT2D eigenvalue weighted by Crippen LogP contribution is 2.29. The first kappa shape index (κ1) is 10.7. The number of nitrogen functional groups attached to an aromatic ring is 1. The third-order valence-corrected chi connectivity index (χ3v) is 2.75. The SMILES string of the molecule is Nc1cc(F)c2[nH]nc(-c3cccc(F)c3)c2c1. The Labute approximate surface area is 101 Å². The highest BCUT2D eigenvalue weighted by atomic mass is 19.1. The third kappa shape index (κ3) is 1.60. The van der Waals surface area contributed by atoms with Crippen molar-refractivity contribution in [3.8, 4) is 11.3 Å². The molecule has 2 aromatic carbocycles. The Morgan fingerprint density at radius 2 is 1.94 bits per heavy atom. The Hall–Kier alpha value is -2.43. The molecule has 90 valence electrons. The van der Waals surface area contributed by atoms with Crippen molar-refractivity contribution in [1.82, 2.24) is 10.2 Å². The number of fused-ring (bicyclic) bond motifs is 1. The van der Waals surface area contributed by atoms with Gasteiger partial charge < -0.3 is 5.73 Å². The largest absolute Gasteiger partial charge is 0.399 e. The van der Waals surface area contributed by atoms with E-state index in [1.807, 2.05) is 0 Å². The van der Waals surface area contributed by atoms with Crippen LogP contribution >= 0.6 is 0 Å². The van der Waals surface area contributed by atoms with E-state index in [4.69, 9.17) is 5.73 Å². The van der Waals surface area contributed by atoms with Crippen LogP contribution in [0.2, 0.25) is 0 Å². The van der Waals surface area contributed by atoms with E-state index in [1.54, 1.807) is 18.2 Å². The van der Waals surface area contributed by atoms with Crippen LogP contribution in [-0.4, -0.2) is 10.2 Å². The molecule has 0 radical (unpaired) electrons. The minimum atomic E-state index is -0.472. The molecule has 18 heavy (non-hydrogen) atoms. The first-order valence-corrected chi connectivity index (χ1v) is 5.34. The summed E-state index contributed by atoms with van der Waals surface area (Å²) in [4.78, 5) is 0. The molecular weight excluding hydrogens is 236 g/mol. The summed E-state index contributed by atoms with van der Waals surface area (Å²) in [6.45, 7) is 0. The molecule has 3 nitrogen and oxygen atoms in total. The topological polar surface area (TPSA) is 54.7 Å². The number of halogens is 2. The van der Waals surface area contributed by atoms with Gasteiger partial charge in [0, 0.05) is 16.6 Å². The zero-order valence-corrected chi connectivity index (χ0v) is 9.24. The van der Waals surface area contributed by atoms with E-state index < -0.39 is 5.82 Å². The zero-order valence-electron chi connectivity index (χ0n) is 9.24. The normalized spacial score (nSPS) is 11.0. The van der Waals surface area contributed by atoms with Gasteiger partial charge in [0.25, 0.3) is 0 Å². The van der Waals surface area contributed by atoms with Crippen LogP contribution in [0, 0.1) is 11.6 Å². The molecule has 0 unspecified atom stereocenters. The van der Waals surface area contributed by atoms with Crippen LogP contribution in [0.3, 0.4) is 0 Å². The van der Waals surface area contributed by atoms with Gasteiger partial charge in [-0.15, -0.1) is 0 Å². The lowest BCUT2D eigenvalue weighted by Gasteiger charge is -1.99. The minimum Gasteiger partial charge on any atom is -0.399 e. The molecule has 1 aromatic heterocycles. The van der Waals surface area contributed by atoms with Crippen molar-refractivity contribution in [1.29, 1.82) is 0 Å². The Morgan fingerprint density at radius 1 is 1.11 bits per heavy atom. The van der Waals surface area contributed by atoms with Crippen molar-refractivity contribution in [2.75, 3.05) is 5.73 Å². The molecule has 0 bridgehead atoms. The second-order valence-corrected chi connectivity index (χ2v) is 4.01. The summed E-state index contributed by atoms with van der Waals surface area (Å²) in [6, 6.07) is 8.80. The molecule has 3 N–H and O–H groups in total. The average molecular weight is 245 g/mol. The molecule has 3 rings (SSSR count). The number of anilines is 1. The number of benzene rings is 2. The molecule has 0 spiro atoms. The van der Waals surface area contributed by atoms with Gasteiger partial charge in [-0.05, 0) is 24.3 Å². The van der Waals surface area contributed by atoms with E-state index in [-0.39, 0.29) is 11.3 Å². The molecule has 0 aliphatic carbocycles. The summed E-state index contributed by atoms with van der Waals surface area (Å²) in [5.74, 6) is -0.840. The lowest BCUT2D eigenvalue weighted by molar-refractivity contribution is 0.628. The van der Waals surface area contributed by atoms with Crippen LogP contribution in [0.4, 0.5) is 14.5 Å². The van der Waals surface area contributed by atoms with Crippen molar-refractivity contribution in [3.63, 3.8) is 0 Å². The number of hydrogen-bond donors (Lipinski definition) is 2. The van der Waals surface area contributed by atoms with Gasteiger partial charge in [0.1, 0.15) is 17.0 Å². The maximum absolute atomic E-state index is 13.6. The molecular formula is C13H9F2N3. The zero-order chi connectivity index (χ0) is 12.7. The minimum absolute atomic E-state index is 0.267. The van der Waals surface area contributed by atoms with Crippen LogP contribution in [0.25, 0.3) is 22.2 Å². The van der Waals surface area contributed by atoms with Gasteiger partial charge in [0.2, 0.25) is 0 Å². The van der Waals surface area contributed by atoms with E-state index >= 15 is 0 Å². The van der Waals surface area contributed by atoms with Gasteiger partial charge in [-0.25, -0.2) is 8.78 Å². The lowest BCUT2D eigenvalue weighted by Crippen LogP contribution is -1.87. The average Bonchev–Trinajstić information content (AvgIpc) is 2.72. The third-order valence-electron chi connectivity index (χ3n) is 2.75. The summed E-state index contributed by atoms with van der Waals surface area (Å²) >= 11 is 0. The van der Waals surface area contributed by atoms with Crippen molar-refractivity contribution < 1.29 is 8.78 Å². The van der Waals surface area contributed by atoms with E-state index in [9.17, 15) is 8.78 Å². The molecule has 0 aliphatic heterocycles. The molecule has 1 heterocycles. The van der Waals surface area contributed by atoms with Gasteiger partial charge in [0.05, 0.1) is 0 Å². The van der Waals surface area contributed by atoms with Crippen LogP contribution in [-0.2, 0) is 0 Å². The van der Waals surface area contributed by atoms with Crippen molar-refractivity contribution >= 4 is 16.6 Å². The molecule has 0 amide bonds. The Balaban J connectivity index is 2.30. The second kappa shape index (κ2) is 3.80. The van der Waals surface area contributed by atoms with E-state index in [1.165, 1.54) is 18.2 Å². The van der Waals surface area contributed by atoms with E-state index in [2.05, 4.69) is 10.2 Å². The number of H-pyrrole nitrogens is 1. The Bertz CT molecular complexity index is 734. The summed E-state index contributed by atoms with van der Waals surface area (Å²) in [7, 11) is 0. The number of aromatic nitrogens is 2. The van der Waals surface area contributed by atoms with Crippen molar-refractivity contribution in [3.05, 3.63) is 48.0 Å². The first-order chi connectivity index (χ1) is 8.65. The highest BCUT2D eigenvalue weighted by molar-refractivity contribution is 5.95. The smallest absolute Gasteiger partial charge is 0.150 e. The fourth-order valence-electron chi connectivity index (χ4n) is 1.96. The van der Waals surface area contributed by atoms with Crippen LogP contribution < -0.4 is 5.73 Å². The Morgan fingerprint density at radius 3 is 2.72 bits per heavy atom. The van der Waals surface area contributed by atoms with E-state index in [0.29, 0.717) is 22.3 Å². The molecule has 0 saturated carbocycles. The van der Waals surface area contributed by atoms with Crippen molar-refractivity contribution in [2.24, 2.45) is 0 Å². The van der Waals surface area contributed by atoms with Gasteiger partial charge in [0.15, 0.2) is 5.82 Å². The van der Waals surface area contributed by atoms with Crippen LogP contribution in [0.15, 0.2) is 36.4 Å². The maximum Gasteiger partial charge on any atom is 0.150 e. The molecule has 0 saturated heterocycles.